The molecule has 342 valence electrons. The van der Waals surface area contributed by atoms with E-state index in [1.165, 1.54) is 10.8 Å². The van der Waals surface area contributed by atoms with E-state index in [4.69, 9.17) is 46.9 Å². The largest absolute Gasteiger partial charge is 0.497 e. The summed E-state index contributed by atoms with van der Waals surface area (Å²) >= 11 is 0. The number of aromatic nitrogens is 2. The van der Waals surface area contributed by atoms with Crippen molar-refractivity contribution in [1.29, 1.82) is 0 Å². The molecule has 16 heteroatoms. The highest BCUT2D eigenvalue weighted by molar-refractivity contribution is 7.44. The number of benzene rings is 3. The number of hydrogen-bond donors (Lipinski definition) is 1. The fourth-order valence-corrected chi connectivity index (χ4v) is 8.60. The van der Waals surface area contributed by atoms with E-state index in [0.717, 1.165) is 16.7 Å². The van der Waals surface area contributed by atoms with E-state index in [1.54, 1.807) is 35.4 Å². The van der Waals surface area contributed by atoms with Crippen LogP contribution in [0.25, 0.3) is 0 Å². The molecule has 0 fully saturated rings. The zero-order valence-corrected chi connectivity index (χ0v) is 38.6. The van der Waals surface area contributed by atoms with Crippen LogP contribution in [0.1, 0.15) is 49.9 Å². The molecule has 15 nitrogen and oxygen atoms in total. The summed E-state index contributed by atoms with van der Waals surface area (Å²) in [4.78, 5) is 28.2. The maximum Gasteiger partial charge on any atom is 0.328 e. The second-order valence-electron chi connectivity index (χ2n) is 14.9. The van der Waals surface area contributed by atoms with Gasteiger partial charge in [-0.15, -0.1) is 0 Å². The maximum atomic E-state index is 13.3. The Labute approximate surface area is 367 Å². The lowest BCUT2D eigenvalue weighted by Gasteiger charge is -2.40. The number of aromatic amines is 1. The molecule has 0 saturated carbocycles. The average molecular weight is 884 g/mol. The molecule has 0 aliphatic heterocycles. The van der Waals surface area contributed by atoms with E-state index in [0.29, 0.717) is 63.3 Å². The Balaban J connectivity index is 1.69. The van der Waals surface area contributed by atoms with Crippen molar-refractivity contribution in [2.24, 2.45) is 0 Å². The molecule has 0 aliphatic rings. The number of ether oxygens (including phenoxy) is 8. The molecule has 4 rings (SSSR count). The van der Waals surface area contributed by atoms with E-state index in [2.05, 4.69) is 37.3 Å². The molecular weight excluding hydrogens is 817 g/mol. The third-order valence-corrected chi connectivity index (χ3v) is 12.2. The van der Waals surface area contributed by atoms with Crippen molar-refractivity contribution in [3.8, 4) is 11.5 Å². The number of H-pyrrole nitrogens is 1. The van der Waals surface area contributed by atoms with Gasteiger partial charge in [0, 0.05) is 38.1 Å². The Hall–Kier alpha value is -3.99. The van der Waals surface area contributed by atoms with Gasteiger partial charge in [-0.25, -0.2) is 9.46 Å². The highest BCUT2D eigenvalue weighted by atomic mass is 31.2. The Morgan fingerprint density at radius 3 is 1.65 bits per heavy atom. The predicted octanol–water partition coefficient (Wildman–Crippen LogP) is 6.33. The summed E-state index contributed by atoms with van der Waals surface area (Å²) in [5.41, 5.74) is 0.727. The van der Waals surface area contributed by atoms with E-state index >= 15 is 0 Å². The zero-order chi connectivity index (χ0) is 44.9. The summed E-state index contributed by atoms with van der Waals surface area (Å²) in [7, 11) is 4.70. The lowest BCUT2D eigenvalue weighted by Crippen LogP contribution is -2.45. The second kappa shape index (κ2) is 26.6. The summed E-state index contributed by atoms with van der Waals surface area (Å²) in [6.45, 7) is 13.3. The normalized spacial score (nSPS) is 13.5. The molecule has 4 aromatic rings. The molecule has 3 aromatic carbocycles. The third kappa shape index (κ3) is 14.5. The van der Waals surface area contributed by atoms with Crippen molar-refractivity contribution < 1.29 is 46.9 Å². The Morgan fingerprint density at radius 1 is 0.661 bits per heavy atom. The summed E-state index contributed by atoms with van der Waals surface area (Å²) in [5, 5.41) is 0. The molecule has 1 N–H and O–H groups in total. The smallest absolute Gasteiger partial charge is 0.328 e. The van der Waals surface area contributed by atoms with Crippen molar-refractivity contribution in [3.63, 3.8) is 0 Å². The van der Waals surface area contributed by atoms with Crippen LogP contribution >= 0.6 is 8.53 Å². The van der Waals surface area contributed by atoms with Gasteiger partial charge < -0.3 is 46.9 Å². The van der Waals surface area contributed by atoms with E-state index in [-0.39, 0.29) is 31.8 Å². The van der Waals surface area contributed by atoms with Gasteiger partial charge in [-0.1, -0.05) is 54.6 Å². The molecule has 3 unspecified atom stereocenters. The van der Waals surface area contributed by atoms with Gasteiger partial charge >= 0.3 is 5.69 Å². The predicted molar refractivity (Wildman–Crippen MR) is 239 cm³/mol. The monoisotopic (exact) mass is 883 g/mol. The van der Waals surface area contributed by atoms with Crippen LogP contribution in [0.4, 0.5) is 0 Å². The molecule has 0 aliphatic carbocycles. The van der Waals surface area contributed by atoms with Crippen molar-refractivity contribution in [2.75, 3.05) is 87.9 Å². The summed E-state index contributed by atoms with van der Waals surface area (Å²) < 4.78 is 63.7. The van der Waals surface area contributed by atoms with Gasteiger partial charge in [-0.2, -0.15) is 0 Å². The Morgan fingerprint density at radius 2 is 1.16 bits per heavy atom. The van der Waals surface area contributed by atoms with Gasteiger partial charge in [0.05, 0.1) is 80.2 Å². The Bertz CT molecular complexity index is 1910. The molecule has 0 spiro atoms. The van der Waals surface area contributed by atoms with Crippen molar-refractivity contribution in [3.05, 3.63) is 128 Å². The van der Waals surface area contributed by atoms with Gasteiger partial charge in [0.15, 0.2) is 0 Å². The first-order chi connectivity index (χ1) is 30.0. The van der Waals surface area contributed by atoms with Crippen LogP contribution < -0.4 is 20.7 Å². The average Bonchev–Trinajstić information content (AvgIpc) is 3.27. The number of nitrogens with one attached hydrogen (secondary N) is 1. The van der Waals surface area contributed by atoms with E-state index in [9.17, 15) is 9.59 Å². The third-order valence-electron chi connectivity index (χ3n) is 10.00. The first-order valence-electron chi connectivity index (χ1n) is 20.9. The van der Waals surface area contributed by atoms with E-state index < -0.39 is 37.6 Å². The van der Waals surface area contributed by atoms with Crippen LogP contribution in [0.15, 0.2) is 94.6 Å². The van der Waals surface area contributed by atoms with Crippen LogP contribution in [0.5, 0.6) is 11.5 Å². The topological polar surface area (TPSA) is 150 Å². The van der Waals surface area contributed by atoms with Crippen molar-refractivity contribution in [2.45, 2.75) is 71.1 Å². The molecule has 0 bridgehead atoms. The first-order valence-corrected chi connectivity index (χ1v) is 22.0. The van der Waals surface area contributed by atoms with Crippen molar-refractivity contribution >= 4 is 8.53 Å². The van der Waals surface area contributed by atoms with Gasteiger partial charge in [-0.3, -0.25) is 14.3 Å². The molecular formula is C46H66N3O12P. The van der Waals surface area contributed by atoms with Crippen LogP contribution in [0, 0.1) is 6.92 Å². The van der Waals surface area contributed by atoms with Gasteiger partial charge in [0.2, 0.25) is 0 Å². The van der Waals surface area contributed by atoms with Gasteiger partial charge in [0.25, 0.3) is 14.1 Å². The molecule has 0 amide bonds. The Kier molecular flexibility index (Phi) is 21.7. The fourth-order valence-electron chi connectivity index (χ4n) is 6.87. The first kappa shape index (κ1) is 50.7. The van der Waals surface area contributed by atoms with Crippen LogP contribution in [0.2, 0.25) is 0 Å². The number of rotatable bonds is 30. The van der Waals surface area contributed by atoms with Crippen LogP contribution in [-0.2, 0) is 49.6 Å². The molecule has 0 radical (unpaired) electrons. The standard InChI is InChI=1S/C46H66N3O12P/c1-34(2)49(35(3)4)62(60-30-29-58-28-27-57-26-25-56-24-23-52-6)61-42(32-48-31-36(5)44(50)47-45(48)51)43(55-9)33-59-46(37-13-11-10-12-14-37,38-15-19-40(53-7)20-16-38)39-17-21-41(54-8)22-18-39/h10-22,31,34-35,42-43H,23-30,32-33H2,1-9H3,(H,47,50,51). The van der Waals surface area contributed by atoms with Gasteiger partial charge in [-0.05, 0) is 75.6 Å². The molecule has 1 heterocycles. The summed E-state index contributed by atoms with van der Waals surface area (Å²) in [6.07, 6.45) is -0.0632. The minimum atomic E-state index is -1.78. The minimum Gasteiger partial charge on any atom is -0.497 e. The highest BCUT2D eigenvalue weighted by Crippen LogP contribution is 2.48. The quantitative estimate of drug-likeness (QED) is 0.0354. The van der Waals surface area contributed by atoms with E-state index in [1.807, 2.05) is 78.9 Å². The molecule has 3 atom stereocenters. The van der Waals surface area contributed by atoms with Crippen molar-refractivity contribution in [1.82, 2.24) is 14.2 Å². The van der Waals surface area contributed by atoms with Gasteiger partial charge in [0.1, 0.15) is 29.3 Å². The molecule has 1 aromatic heterocycles. The van der Waals surface area contributed by atoms with Crippen LogP contribution in [-0.4, -0.2) is 126 Å². The maximum absolute atomic E-state index is 13.3. The number of methoxy groups -OCH3 is 4. The minimum absolute atomic E-state index is 0.00172. The number of hydrogen-bond acceptors (Lipinski definition) is 13. The number of nitrogens with zero attached hydrogens (tertiary/aromatic N) is 2. The number of aryl methyl sites for hydroxylation is 1. The second-order valence-corrected chi connectivity index (χ2v) is 16.3. The SMILES string of the molecule is COCCOCCOCCOCCOP(OC(Cn1cc(C)c(=O)[nH]c1=O)C(COC(c1ccccc1)(c1ccc(OC)cc1)c1ccc(OC)cc1)OC)N(C(C)C)C(C)C. The summed E-state index contributed by atoms with van der Waals surface area (Å²) in [5.74, 6) is 1.39. The zero-order valence-electron chi connectivity index (χ0n) is 37.7. The summed E-state index contributed by atoms with van der Waals surface area (Å²) in [6, 6.07) is 25.5. The molecule has 0 saturated heterocycles. The van der Waals surface area contributed by atoms with Crippen LogP contribution in [0.3, 0.4) is 0 Å². The lowest BCUT2D eigenvalue weighted by molar-refractivity contribution is -0.0932. The highest BCUT2D eigenvalue weighted by Gasteiger charge is 2.41. The molecule has 62 heavy (non-hydrogen) atoms. The lowest BCUT2D eigenvalue weighted by atomic mass is 9.80. The fraction of sp³-hybridized carbons (Fsp3) is 0.522.